The van der Waals surface area contributed by atoms with Gasteiger partial charge in [-0.2, -0.15) is 13.2 Å². The molecule has 2 aliphatic heterocycles. The van der Waals surface area contributed by atoms with Gasteiger partial charge in [-0.25, -0.2) is 8.42 Å². The minimum absolute atomic E-state index is 0.129. The van der Waals surface area contributed by atoms with E-state index in [1.54, 1.807) is 34.8 Å². The molecule has 2 aromatic carbocycles. The van der Waals surface area contributed by atoms with Crippen molar-refractivity contribution in [2.24, 2.45) is 0 Å². The lowest BCUT2D eigenvalue weighted by Gasteiger charge is -2.23. The fourth-order valence-electron chi connectivity index (χ4n) is 3.40. The number of benzene rings is 2. The maximum Gasteiger partial charge on any atom is 0.416 e. The third-order valence-corrected chi connectivity index (χ3v) is 7.50. The number of nitrogens with one attached hydrogen (secondary N) is 2. The van der Waals surface area contributed by atoms with E-state index in [1.165, 1.54) is 30.3 Å². The van der Waals surface area contributed by atoms with Crippen LogP contribution in [0.4, 0.5) is 18.9 Å². The highest BCUT2D eigenvalue weighted by Gasteiger charge is 2.34. The van der Waals surface area contributed by atoms with Gasteiger partial charge in [-0.15, -0.1) is 0 Å². The van der Waals surface area contributed by atoms with E-state index in [0.717, 1.165) is 29.8 Å². The number of alkyl halides is 3. The Morgan fingerprint density at radius 2 is 1.91 bits per heavy atom. The molecule has 0 spiro atoms. The van der Waals surface area contributed by atoms with E-state index in [0.29, 0.717) is 16.8 Å². The number of hydrogen-bond acceptors (Lipinski definition) is 6. The van der Waals surface area contributed by atoms with Crippen LogP contribution in [0.25, 0.3) is 0 Å². The van der Waals surface area contributed by atoms with Gasteiger partial charge in [-0.1, -0.05) is 23.7 Å². The van der Waals surface area contributed by atoms with Crippen molar-refractivity contribution in [2.75, 3.05) is 11.8 Å². The standard InChI is InChI=1S/C22H18ClF3N4O3S2/c1-29(13-14-4-7-16(23)8-5-14)21(31)17-9-6-15(22(24,25)26)11-18(17)28-35(32,33)20-3-2-10-30-19(20)12-27-34-30/h2-12,27-28H,13H2,1H3. The predicted octanol–water partition coefficient (Wildman–Crippen LogP) is 5.09. The Morgan fingerprint density at radius 1 is 1.20 bits per heavy atom. The van der Waals surface area contributed by atoms with E-state index in [9.17, 15) is 26.4 Å². The molecular weight excluding hydrogens is 525 g/mol. The van der Waals surface area contributed by atoms with Crippen molar-refractivity contribution in [3.05, 3.63) is 99.3 Å². The third kappa shape index (κ3) is 5.44. The van der Waals surface area contributed by atoms with Gasteiger partial charge in [0.2, 0.25) is 0 Å². The van der Waals surface area contributed by atoms with Crippen molar-refractivity contribution in [3.63, 3.8) is 0 Å². The van der Waals surface area contributed by atoms with Crippen LogP contribution in [0.1, 0.15) is 21.5 Å². The van der Waals surface area contributed by atoms with Gasteiger partial charge in [0.25, 0.3) is 15.9 Å². The minimum atomic E-state index is -4.74. The third-order valence-electron chi connectivity index (χ3n) is 5.10. The summed E-state index contributed by atoms with van der Waals surface area (Å²) in [7, 11) is -2.89. The zero-order chi connectivity index (χ0) is 25.4. The Balaban J connectivity index is 1.68. The molecule has 0 fully saturated rings. The number of fused-ring (bicyclic) bond motifs is 1. The van der Waals surface area contributed by atoms with Crippen LogP contribution < -0.4 is 9.44 Å². The number of allylic oxidation sites excluding steroid dienone is 2. The second kappa shape index (κ2) is 9.51. The van der Waals surface area contributed by atoms with E-state index < -0.39 is 33.4 Å². The van der Waals surface area contributed by atoms with Crippen LogP contribution in [0.15, 0.2) is 77.6 Å². The molecule has 2 aliphatic rings. The smallest absolute Gasteiger partial charge is 0.337 e. The molecule has 0 saturated heterocycles. The summed E-state index contributed by atoms with van der Waals surface area (Å²) in [4.78, 5) is 14.3. The van der Waals surface area contributed by atoms with E-state index >= 15 is 0 Å². The number of rotatable bonds is 6. The number of sulfonamides is 1. The topological polar surface area (TPSA) is 81.8 Å². The molecule has 7 nitrogen and oxygen atoms in total. The van der Waals surface area contributed by atoms with Gasteiger partial charge in [0.05, 0.1) is 34.6 Å². The monoisotopic (exact) mass is 542 g/mol. The van der Waals surface area contributed by atoms with Crippen molar-refractivity contribution in [3.8, 4) is 0 Å². The fraction of sp³-hybridized carbons (Fsp3) is 0.136. The molecule has 2 aromatic rings. The van der Waals surface area contributed by atoms with Crippen molar-refractivity contribution in [2.45, 2.75) is 12.7 Å². The Kier molecular flexibility index (Phi) is 6.80. The summed E-state index contributed by atoms with van der Waals surface area (Å²) in [5.41, 5.74) is -0.770. The van der Waals surface area contributed by atoms with E-state index in [-0.39, 0.29) is 17.0 Å². The van der Waals surface area contributed by atoms with E-state index in [1.807, 2.05) is 0 Å². The number of halogens is 4. The van der Waals surface area contributed by atoms with Crippen LogP contribution in [0.2, 0.25) is 5.02 Å². The van der Waals surface area contributed by atoms with E-state index in [2.05, 4.69) is 9.44 Å². The average molecular weight is 543 g/mol. The number of nitrogens with zero attached hydrogens (tertiary/aromatic N) is 2. The van der Waals surface area contributed by atoms with Crippen LogP contribution in [0, 0.1) is 0 Å². The average Bonchev–Trinajstić information content (AvgIpc) is 3.28. The summed E-state index contributed by atoms with van der Waals surface area (Å²) in [5, 5.41) is 0.513. The van der Waals surface area contributed by atoms with Gasteiger partial charge in [0.1, 0.15) is 4.91 Å². The van der Waals surface area contributed by atoms with Gasteiger partial charge in [-0.05, 0) is 48.0 Å². The molecule has 1 amide bonds. The lowest BCUT2D eigenvalue weighted by molar-refractivity contribution is -0.137. The number of hydrogen-bond donors (Lipinski definition) is 2. The van der Waals surface area contributed by atoms with Crippen molar-refractivity contribution in [1.29, 1.82) is 0 Å². The molecule has 0 saturated carbocycles. The zero-order valence-corrected chi connectivity index (χ0v) is 20.4. The Labute approximate surface area is 209 Å². The highest BCUT2D eigenvalue weighted by molar-refractivity contribution is 7.97. The molecule has 0 bridgehead atoms. The molecular formula is C22H18ClF3N4O3S2. The predicted molar refractivity (Wildman–Crippen MR) is 129 cm³/mol. The summed E-state index contributed by atoms with van der Waals surface area (Å²) in [6.45, 7) is 0.129. The molecule has 0 aromatic heterocycles. The zero-order valence-electron chi connectivity index (χ0n) is 18.0. The molecule has 0 radical (unpaired) electrons. The number of amides is 1. The fourth-order valence-corrected chi connectivity index (χ4v) is 5.50. The maximum atomic E-state index is 13.4. The van der Waals surface area contributed by atoms with Crippen LogP contribution >= 0.6 is 23.7 Å². The molecule has 2 heterocycles. The van der Waals surface area contributed by atoms with Crippen molar-refractivity contribution in [1.82, 2.24) is 13.9 Å². The molecule has 2 N–H and O–H groups in total. The van der Waals surface area contributed by atoms with Crippen molar-refractivity contribution >= 4 is 45.4 Å². The largest absolute Gasteiger partial charge is 0.416 e. The Bertz CT molecular complexity index is 1360. The van der Waals surface area contributed by atoms with Crippen LogP contribution in [-0.2, 0) is 22.7 Å². The number of anilines is 1. The summed E-state index contributed by atoms with van der Waals surface area (Å²) < 4.78 is 73.2. The molecule has 0 unspecified atom stereocenters. The molecule has 35 heavy (non-hydrogen) atoms. The summed E-state index contributed by atoms with van der Waals surface area (Å²) in [5.74, 6) is -0.664. The van der Waals surface area contributed by atoms with Gasteiger partial charge in [0, 0.05) is 31.0 Å². The first-order valence-electron chi connectivity index (χ1n) is 10.0. The van der Waals surface area contributed by atoms with Gasteiger partial charge < -0.3 is 9.62 Å². The summed E-state index contributed by atoms with van der Waals surface area (Å²) in [6.07, 6.45) is 1.15. The Hall–Kier alpha value is -3.09. The second-order valence-corrected chi connectivity index (χ2v) is 10.5. The Morgan fingerprint density at radius 3 is 2.60 bits per heavy atom. The first-order chi connectivity index (χ1) is 16.5. The lowest BCUT2D eigenvalue weighted by Crippen LogP contribution is -2.28. The van der Waals surface area contributed by atoms with Crippen molar-refractivity contribution < 1.29 is 26.4 Å². The van der Waals surface area contributed by atoms with Crippen LogP contribution in [0.5, 0.6) is 0 Å². The quantitative estimate of drug-likeness (QED) is 0.495. The lowest BCUT2D eigenvalue weighted by atomic mass is 10.1. The molecule has 184 valence electrons. The molecule has 0 aliphatic carbocycles. The second-order valence-electron chi connectivity index (χ2n) is 7.59. The summed E-state index contributed by atoms with van der Waals surface area (Å²) in [6, 6.07) is 9.03. The van der Waals surface area contributed by atoms with E-state index in [4.69, 9.17) is 11.6 Å². The number of carbonyl (C=O) groups is 1. The van der Waals surface area contributed by atoms with Gasteiger partial charge >= 0.3 is 6.18 Å². The number of carbonyl (C=O) groups excluding carboxylic acids is 1. The highest BCUT2D eigenvalue weighted by Crippen LogP contribution is 2.36. The first kappa shape index (κ1) is 25.0. The minimum Gasteiger partial charge on any atom is -0.337 e. The maximum absolute atomic E-state index is 13.4. The summed E-state index contributed by atoms with van der Waals surface area (Å²) >= 11 is 7.00. The molecule has 0 atom stereocenters. The first-order valence-corrected chi connectivity index (χ1v) is 12.6. The van der Waals surface area contributed by atoms with Gasteiger partial charge in [-0.3, -0.25) is 13.8 Å². The molecule has 13 heteroatoms. The molecule has 4 rings (SSSR count). The highest BCUT2D eigenvalue weighted by atomic mass is 35.5. The SMILES string of the molecule is CN(Cc1ccc(Cl)cc1)C(=O)c1ccc(C(F)(F)F)cc1NS(=O)(=O)C1=CC=CN2SNC=C12. The van der Waals surface area contributed by atoms with Crippen LogP contribution in [0.3, 0.4) is 0 Å². The normalized spacial score (nSPS) is 15.2. The van der Waals surface area contributed by atoms with Crippen LogP contribution in [-0.4, -0.2) is 30.6 Å². The van der Waals surface area contributed by atoms with Gasteiger partial charge in [0.15, 0.2) is 0 Å².